The van der Waals surface area contributed by atoms with E-state index in [0.717, 1.165) is 0 Å². The summed E-state index contributed by atoms with van der Waals surface area (Å²) in [6, 6.07) is 0. The highest BCUT2D eigenvalue weighted by Crippen LogP contribution is 1.89. The van der Waals surface area contributed by atoms with Crippen LogP contribution >= 0.6 is 0 Å². The zero-order valence-corrected chi connectivity index (χ0v) is 15.6. The minimum absolute atomic E-state index is 0.0534. The standard InChI is InChI=1S/C16H27N3O8/c1-12(20)7-18(10-15(24)25)5-3-17(9-14(22)23)4-6-19(8-13(2)21)11-16(26)27/h3-11H2,1-2H3,(H,22,23)(H,24,25)(H,26,27)/p+1. The second kappa shape index (κ2) is 12.9. The summed E-state index contributed by atoms with van der Waals surface area (Å²) in [7, 11) is 0. The Morgan fingerprint density at radius 3 is 1.30 bits per heavy atom. The number of hydrogen-bond acceptors (Lipinski definition) is 7. The van der Waals surface area contributed by atoms with Gasteiger partial charge in [-0.3, -0.25) is 29.0 Å². The topological polar surface area (TPSA) is 157 Å². The first kappa shape index (κ1) is 24.6. The fourth-order valence-corrected chi connectivity index (χ4v) is 2.59. The average Bonchev–Trinajstić information content (AvgIpc) is 2.46. The molecule has 27 heavy (non-hydrogen) atoms. The van der Waals surface area contributed by atoms with Crippen molar-refractivity contribution in [1.29, 1.82) is 0 Å². The minimum Gasteiger partial charge on any atom is -0.480 e. The van der Waals surface area contributed by atoms with Crippen LogP contribution in [0.1, 0.15) is 13.8 Å². The zero-order valence-electron chi connectivity index (χ0n) is 15.6. The molecule has 0 unspecified atom stereocenters. The SMILES string of the molecule is CC(=O)CN(CC[NH+](CCN(CC(C)=O)CC(=O)O)CC(=O)O)CC(=O)O. The molecule has 0 spiro atoms. The van der Waals surface area contributed by atoms with E-state index in [2.05, 4.69) is 0 Å². The molecule has 0 saturated carbocycles. The van der Waals surface area contributed by atoms with Gasteiger partial charge < -0.3 is 20.2 Å². The smallest absolute Gasteiger partial charge is 0.359 e. The van der Waals surface area contributed by atoms with Crippen molar-refractivity contribution in [2.75, 3.05) is 58.9 Å². The number of hydrogen-bond donors (Lipinski definition) is 4. The number of aliphatic carboxylic acids is 3. The van der Waals surface area contributed by atoms with Gasteiger partial charge in [0.15, 0.2) is 6.54 Å². The zero-order chi connectivity index (χ0) is 21.0. The molecule has 0 aliphatic heterocycles. The fraction of sp³-hybridized carbons (Fsp3) is 0.688. The maximum Gasteiger partial charge on any atom is 0.359 e. The Kier molecular flexibility index (Phi) is 11.8. The van der Waals surface area contributed by atoms with E-state index in [9.17, 15) is 24.0 Å². The van der Waals surface area contributed by atoms with Gasteiger partial charge in [-0.1, -0.05) is 0 Å². The van der Waals surface area contributed by atoms with Crippen molar-refractivity contribution >= 4 is 29.5 Å². The molecular formula is C16H28N3O8+. The van der Waals surface area contributed by atoms with Gasteiger partial charge in [-0.2, -0.15) is 0 Å². The summed E-state index contributed by atoms with van der Waals surface area (Å²) >= 11 is 0. The van der Waals surface area contributed by atoms with Crippen LogP contribution in [-0.4, -0.2) is 113 Å². The van der Waals surface area contributed by atoms with Gasteiger partial charge in [0.2, 0.25) is 0 Å². The van der Waals surface area contributed by atoms with E-state index in [4.69, 9.17) is 15.3 Å². The number of carboxylic acid groups (broad SMARTS) is 3. The molecule has 0 fully saturated rings. The highest BCUT2D eigenvalue weighted by molar-refractivity contribution is 5.79. The number of carboxylic acids is 3. The minimum atomic E-state index is -1.09. The molecule has 0 aromatic rings. The van der Waals surface area contributed by atoms with Crippen molar-refractivity contribution < 1.29 is 44.2 Å². The van der Waals surface area contributed by atoms with Gasteiger partial charge in [-0.25, -0.2) is 4.79 Å². The quantitative estimate of drug-likeness (QED) is 0.213. The van der Waals surface area contributed by atoms with Crippen molar-refractivity contribution in [2.45, 2.75) is 13.8 Å². The predicted octanol–water partition coefficient (Wildman–Crippen LogP) is -3.09. The summed E-state index contributed by atoms with van der Waals surface area (Å²) in [6.45, 7) is 2.55. The van der Waals surface area contributed by atoms with Gasteiger partial charge in [0.05, 0.1) is 39.3 Å². The molecule has 0 amide bonds. The summed E-state index contributed by atoms with van der Waals surface area (Å²) in [5.74, 6) is -3.65. The first-order valence-electron chi connectivity index (χ1n) is 8.42. The van der Waals surface area contributed by atoms with Crippen molar-refractivity contribution in [3.05, 3.63) is 0 Å². The lowest BCUT2D eigenvalue weighted by atomic mass is 10.3. The maximum atomic E-state index is 11.2. The van der Waals surface area contributed by atoms with Crippen LogP contribution in [0.15, 0.2) is 0 Å². The molecule has 0 atom stereocenters. The number of nitrogens with one attached hydrogen (secondary N) is 1. The summed E-state index contributed by atoms with van der Waals surface area (Å²) in [4.78, 5) is 58.7. The highest BCUT2D eigenvalue weighted by Gasteiger charge is 2.20. The van der Waals surface area contributed by atoms with Gasteiger partial charge in [0, 0.05) is 13.1 Å². The molecule has 0 aromatic heterocycles. The average molecular weight is 390 g/mol. The molecule has 154 valence electrons. The Morgan fingerprint density at radius 1 is 0.667 bits per heavy atom. The van der Waals surface area contributed by atoms with Crippen LogP contribution in [0.5, 0.6) is 0 Å². The number of carbonyl (C=O) groups is 5. The predicted molar refractivity (Wildman–Crippen MR) is 92.7 cm³/mol. The van der Waals surface area contributed by atoms with E-state index >= 15 is 0 Å². The summed E-state index contributed by atoms with van der Waals surface area (Å²) in [5.41, 5.74) is 0. The lowest BCUT2D eigenvalue weighted by Crippen LogP contribution is -3.14. The number of quaternary nitrogens is 1. The van der Waals surface area contributed by atoms with Gasteiger partial charge >= 0.3 is 17.9 Å². The normalized spacial score (nSPS) is 11.1. The second-order valence-electron chi connectivity index (χ2n) is 6.43. The maximum absolute atomic E-state index is 11.2. The number of ketones is 2. The molecule has 11 nitrogen and oxygen atoms in total. The van der Waals surface area contributed by atoms with Crippen LogP contribution in [0.4, 0.5) is 0 Å². The summed E-state index contributed by atoms with van der Waals surface area (Å²) in [6.07, 6.45) is 0. The Morgan fingerprint density at radius 2 is 1.04 bits per heavy atom. The molecule has 0 saturated heterocycles. The van der Waals surface area contributed by atoms with E-state index in [1.807, 2.05) is 0 Å². The van der Waals surface area contributed by atoms with Crippen molar-refractivity contribution in [1.82, 2.24) is 9.80 Å². The third kappa shape index (κ3) is 14.5. The van der Waals surface area contributed by atoms with E-state index in [-0.39, 0.29) is 70.5 Å². The second-order valence-corrected chi connectivity index (χ2v) is 6.43. The summed E-state index contributed by atoms with van der Waals surface area (Å²) < 4.78 is 0. The first-order chi connectivity index (χ1) is 12.5. The van der Waals surface area contributed by atoms with Gasteiger partial charge in [-0.05, 0) is 13.8 Å². The Labute approximate surface area is 157 Å². The van der Waals surface area contributed by atoms with Crippen molar-refractivity contribution in [2.24, 2.45) is 0 Å². The van der Waals surface area contributed by atoms with Crippen LogP contribution in [0.3, 0.4) is 0 Å². The number of rotatable bonds is 16. The van der Waals surface area contributed by atoms with Crippen LogP contribution in [-0.2, 0) is 24.0 Å². The molecule has 0 radical (unpaired) electrons. The largest absolute Gasteiger partial charge is 0.480 e. The number of nitrogens with zero attached hydrogens (tertiary/aromatic N) is 2. The molecule has 0 rings (SSSR count). The molecule has 4 N–H and O–H groups in total. The highest BCUT2D eigenvalue weighted by atomic mass is 16.4. The van der Waals surface area contributed by atoms with Gasteiger partial charge in [0.25, 0.3) is 0 Å². The van der Waals surface area contributed by atoms with Crippen LogP contribution < -0.4 is 4.90 Å². The van der Waals surface area contributed by atoms with Crippen LogP contribution in [0.2, 0.25) is 0 Å². The van der Waals surface area contributed by atoms with E-state index in [0.29, 0.717) is 4.90 Å². The molecule has 11 heteroatoms. The Bertz CT molecular complexity index is 480. The van der Waals surface area contributed by atoms with E-state index in [1.165, 1.54) is 23.6 Å². The first-order valence-corrected chi connectivity index (χ1v) is 8.42. The van der Waals surface area contributed by atoms with Crippen molar-refractivity contribution in [3.63, 3.8) is 0 Å². The number of carbonyl (C=O) groups excluding carboxylic acids is 2. The molecule has 0 aromatic carbocycles. The monoisotopic (exact) mass is 390 g/mol. The molecular weight excluding hydrogens is 362 g/mol. The summed E-state index contributed by atoms with van der Waals surface area (Å²) in [5, 5.41) is 26.9. The molecule has 0 heterocycles. The molecule has 0 aliphatic carbocycles. The van der Waals surface area contributed by atoms with E-state index in [1.54, 1.807) is 0 Å². The third-order valence-electron chi connectivity index (χ3n) is 3.57. The third-order valence-corrected chi connectivity index (χ3v) is 3.57. The lowest BCUT2D eigenvalue weighted by molar-refractivity contribution is -0.891. The van der Waals surface area contributed by atoms with E-state index < -0.39 is 17.9 Å². The van der Waals surface area contributed by atoms with Crippen LogP contribution in [0, 0.1) is 0 Å². The molecule has 0 aliphatic rings. The number of Topliss-reactive ketones (excluding diaryl/α,β-unsaturated/α-hetero) is 2. The van der Waals surface area contributed by atoms with Gasteiger partial charge in [-0.15, -0.1) is 0 Å². The lowest BCUT2D eigenvalue weighted by Gasteiger charge is -2.25. The Balaban J connectivity index is 4.85. The Hall–Kier alpha value is -2.37. The van der Waals surface area contributed by atoms with Crippen molar-refractivity contribution in [3.8, 4) is 0 Å². The molecule has 0 bridgehead atoms. The van der Waals surface area contributed by atoms with Gasteiger partial charge in [0.1, 0.15) is 11.6 Å². The van der Waals surface area contributed by atoms with Crippen LogP contribution in [0.25, 0.3) is 0 Å². The fourth-order valence-electron chi connectivity index (χ4n) is 2.59.